The minimum Gasteiger partial charge on any atom is -0.497 e. The third-order valence-corrected chi connectivity index (χ3v) is 4.89. The van der Waals surface area contributed by atoms with E-state index in [1.165, 1.54) is 18.4 Å². The predicted molar refractivity (Wildman–Crippen MR) is 101 cm³/mol. The zero-order valence-corrected chi connectivity index (χ0v) is 14.9. The summed E-state index contributed by atoms with van der Waals surface area (Å²) in [7, 11) is 1.70. The summed E-state index contributed by atoms with van der Waals surface area (Å²) in [6.45, 7) is 3.28. The van der Waals surface area contributed by atoms with Crippen molar-refractivity contribution in [1.82, 2.24) is 4.90 Å². The van der Waals surface area contributed by atoms with Crippen LogP contribution in [0.3, 0.4) is 0 Å². The van der Waals surface area contributed by atoms with Gasteiger partial charge in [0.25, 0.3) is 0 Å². The van der Waals surface area contributed by atoms with Crippen LogP contribution in [-0.2, 0) is 6.42 Å². The SMILES string of the molecule is COc1cccc(NC2CCCN(CCc3ccc(F)cc3)CC2)c1. The number of benzene rings is 2. The van der Waals surface area contributed by atoms with Crippen molar-refractivity contribution in [2.24, 2.45) is 0 Å². The maximum Gasteiger partial charge on any atom is 0.123 e. The molecule has 2 aromatic rings. The van der Waals surface area contributed by atoms with E-state index in [1.54, 1.807) is 19.2 Å². The second kappa shape index (κ2) is 8.86. The molecule has 4 heteroatoms. The number of hydrogen-bond donors (Lipinski definition) is 1. The Morgan fingerprint density at radius 1 is 1.12 bits per heavy atom. The van der Waals surface area contributed by atoms with Crippen molar-refractivity contribution in [3.8, 4) is 5.75 Å². The first-order valence-electron chi connectivity index (χ1n) is 9.10. The van der Waals surface area contributed by atoms with Gasteiger partial charge in [-0.2, -0.15) is 0 Å². The number of ether oxygens (including phenoxy) is 1. The molecule has 0 bridgehead atoms. The number of hydrogen-bond acceptors (Lipinski definition) is 3. The lowest BCUT2D eigenvalue weighted by Crippen LogP contribution is -2.28. The Balaban J connectivity index is 1.47. The Bertz CT molecular complexity index is 659. The van der Waals surface area contributed by atoms with Crippen LogP contribution in [0.25, 0.3) is 0 Å². The summed E-state index contributed by atoms with van der Waals surface area (Å²) in [4.78, 5) is 2.52. The van der Waals surface area contributed by atoms with Gasteiger partial charge in [-0.1, -0.05) is 18.2 Å². The molecule has 0 aliphatic carbocycles. The normalized spacial score (nSPS) is 18.6. The molecule has 1 aliphatic rings. The molecular formula is C21H27FN2O. The molecule has 134 valence electrons. The predicted octanol–water partition coefficient (Wildman–Crippen LogP) is 4.34. The fourth-order valence-electron chi connectivity index (χ4n) is 3.41. The molecule has 0 radical (unpaired) electrons. The van der Waals surface area contributed by atoms with Crippen LogP contribution in [0.5, 0.6) is 5.75 Å². The van der Waals surface area contributed by atoms with E-state index in [2.05, 4.69) is 22.3 Å². The summed E-state index contributed by atoms with van der Waals surface area (Å²) in [5.41, 5.74) is 2.33. The monoisotopic (exact) mass is 342 g/mol. The fourth-order valence-corrected chi connectivity index (χ4v) is 3.41. The highest BCUT2D eigenvalue weighted by molar-refractivity contribution is 5.48. The van der Waals surface area contributed by atoms with E-state index in [-0.39, 0.29) is 5.82 Å². The highest BCUT2D eigenvalue weighted by Crippen LogP contribution is 2.21. The molecule has 3 rings (SSSR count). The fraction of sp³-hybridized carbons (Fsp3) is 0.429. The van der Waals surface area contributed by atoms with Crippen molar-refractivity contribution in [3.63, 3.8) is 0 Å². The number of halogens is 1. The van der Waals surface area contributed by atoms with Gasteiger partial charge in [0.1, 0.15) is 11.6 Å². The number of nitrogens with one attached hydrogen (secondary N) is 1. The average molecular weight is 342 g/mol. The molecule has 2 aromatic carbocycles. The molecule has 0 spiro atoms. The second-order valence-electron chi connectivity index (χ2n) is 6.72. The van der Waals surface area contributed by atoms with Crippen molar-refractivity contribution in [2.45, 2.75) is 31.7 Å². The van der Waals surface area contributed by atoms with Crippen LogP contribution in [-0.4, -0.2) is 37.7 Å². The third-order valence-electron chi connectivity index (χ3n) is 4.89. The van der Waals surface area contributed by atoms with Crippen LogP contribution >= 0.6 is 0 Å². The molecule has 0 aromatic heterocycles. The number of methoxy groups -OCH3 is 1. The Hall–Kier alpha value is -2.07. The highest BCUT2D eigenvalue weighted by Gasteiger charge is 2.17. The molecule has 1 aliphatic heterocycles. The summed E-state index contributed by atoms with van der Waals surface area (Å²) in [6.07, 6.45) is 4.50. The molecule has 0 saturated carbocycles. The number of nitrogens with zero attached hydrogens (tertiary/aromatic N) is 1. The van der Waals surface area contributed by atoms with Crippen LogP contribution in [0.2, 0.25) is 0 Å². The molecule has 1 heterocycles. The number of anilines is 1. The van der Waals surface area contributed by atoms with Gasteiger partial charge in [0.05, 0.1) is 7.11 Å². The Labute approximate surface area is 149 Å². The zero-order chi connectivity index (χ0) is 17.5. The van der Waals surface area contributed by atoms with Gasteiger partial charge in [0.15, 0.2) is 0 Å². The standard InChI is InChI=1S/C21H27FN2O/c1-25-21-6-2-4-20(16-21)23-19-5-3-13-24(15-12-19)14-11-17-7-9-18(22)10-8-17/h2,4,6-10,16,19,23H,3,5,11-15H2,1H3. The molecule has 1 atom stereocenters. The molecule has 1 unspecified atom stereocenters. The highest BCUT2D eigenvalue weighted by atomic mass is 19.1. The van der Waals surface area contributed by atoms with Crippen LogP contribution in [0, 0.1) is 5.82 Å². The van der Waals surface area contributed by atoms with E-state index in [4.69, 9.17) is 4.74 Å². The zero-order valence-electron chi connectivity index (χ0n) is 14.9. The van der Waals surface area contributed by atoms with Gasteiger partial charge in [-0.05, 0) is 62.1 Å². The van der Waals surface area contributed by atoms with Crippen LogP contribution in [0.1, 0.15) is 24.8 Å². The minimum atomic E-state index is -0.162. The van der Waals surface area contributed by atoms with Gasteiger partial charge in [-0.3, -0.25) is 0 Å². The summed E-state index contributed by atoms with van der Waals surface area (Å²) < 4.78 is 18.3. The van der Waals surface area contributed by atoms with E-state index in [9.17, 15) is 4.39 Å². The van der Waals surface area contributed by atoms with E-state index >= 15 is 0 Å². The Morgan fingerprint density at radius 3 is 2.76 bits per heavy atom. The van der Waals surface area contributed by atoms with Gasteiger partial charge in [0.2, 0.25) is 0 Å². The van der Waals surface area contributed by atoms with Gasteiger partial charge < -0.3 is 15.0 Å². The summed E-state index contributed by atoms with van der Waals surface area (Å²) in [5, 5.41) is 3.65. The Kier molecular flexibility index (Phi) is 6.29. The van der Waals surface area contributed by atoms with E-state index in [0.717, 1.165) is 43.9 Å². The van der Waals surface area contributed by atoms with Gasteiger partial charge in [-0.25, -0.2) is 4.39 Å². The van der Waals surface area contributed by atoms with Crippen LogP contribution < -0.4 is 10.1 Å². The Morgan fingerprint density at radius 2 is 1.96 bits per heavy atom. The lowest BCUT2D eigenvalue weighted by Gasteiger charge is -2.21. The van der Waals surface area contributed by atoms with Crippen molar-refractivity contribution in [3.05, 3.63) is 59.9 Å². The van der Waals surface area contributed by atoms with E-state index in [1.807, 2.05) is 24.3 Å². The summed E-state index contributed by atoms with van der Waals surface area (Å²) >= 11 is 0. The maximum absolute atomic E-state index is 13.0. The molecule has 3 nitrogen and oxygen atoms in total. The number of likely N-dealkylation sites (tertiary alicyclic amines) is 1. The largest absolute Gasteiger partial charge is 0.497 e. The van der Waals surface area contributed by atoms with Gasteiger partial charge in [0, 0.05) is 30.9 Å². The molecule has 1 saturated heterocycles. The van der Waals surface area contributed by atoms with Crippen molar-refractivity contribution in [1.29, 1.82) is 0 Å². The molecule has 1 fully saturated rings. The number of rotatable bonds is 6. The molecule has 25 heavy (non-hydrogen) atoms. The minimum absolute atomic E-state index is 0.162. The van der Waals surface area contributed by atoms with E-state index in [0.29, 0.717) is 6.04 Å². The summed E-state index contributed by atoms with van der Waals surface area (Å²) in [6, 6.07) is 15.5. The summed E-state index contributed by atoms with van der Waals surface area (Å²) in [5.74, 6) is 0.726. The van der Waals surface area contributed by atoms with Crippen LogP contribution in [0.4, 0.5) is 10.1 Å². The quantitative estimate of drug-likeness (QED) is 0.845. The van der Waals surface area contributed by atoms with Crippen molar-refractivity contribution in [2.75, 3.05) is 32.1 Å². The second-order valence-corrected chi connectivity index (χ2v) is 6.72. The maximum atomic E-state index is 13.0. The smallest absolute Gasteiger partial charge is 0.123 e. The molecular weight excluding hydrogens is 315 g/mol. The molecule has 1 N–H and O–H groups in total. The topological polar surface area (TPSA) is 24.5 Å². The van der Waals surface area contributed by atoms with Crippen molar-refractivity contribution < 1.29 is 9.13 Å². The lowest BCUT2D eigenvalue weighted by atomic mass is 10.1. The first-order valence-corrected chi connectivity index (χ1v) is 9.10. The first-order chi connectivity index (χ1) is 12.2. The van der Waals surface area contributed by atoms with Gasteiger partial charge >= 0.3 is 0 Å². The first kappa shape index (κ1) is 17.7. The van der Waals surface area contributed by atoms with E-state index < -0.39 is 0 Å². The average Bonchev–Trinajstić information content (AvgIpc) is 2.87. The molecule has 0 amide bonds. The lowest BCUT2D eigenvalue weighted by molar-refractivity contribution is 0.288. The van der Waals surface area contributed by atoms with Gasteiger partial charge in [-0.15, -0.1) is 0 Å². The van der Waals surface area contributed by atoms with Crippen LogP contribution in [0.15, 0.2) is 48.5 Å². The third kappa shape index (κ3) is 5.46. The van der Waals surface area contributed by atoms with Crippen molar-refractivity contribution >= 4 is 5.69 Å².